The molecule has 2 aromatic rings. The maximum Gasteiger partial charge on any atom is 0.194 e. The van der Waals surface area contributed by atoms with Crippen molar-refractivity contribution in [1.29, 1.82) is 0 Å². The summed E-state index contributed by atoms with van der Waals surface area (Å²) in [6.07, 6.45) is 1.72. The van der Waals surface area contributed by atoms with Crippen LogP contribution in [0, 0.1) is 0 Å². The second kappa shape index (κ2) is 6.26. The molecule has 0 aliphatic rings. The predicted molar refractivity (Wildman–Crippen MR) is 82.0 cm³/mol. The van der Waals surface area contributed by atoms with E-state index in [1.54, 1.807) is 23.1 Å². The fourth-order valence-electron chi connectivity index (χ4n) is 1.64. The summed E-state index contributed by atoms with van der Waals surface area (Å²) < 4.78 is 2.14. The van der Waals surface area contributed by atoms with Crippen LogP contribution in [0.1, 0.15) is 33.4 Å². The molecule has 0 amide bonds. The van der Waals surface area contributed by atoms with Crippen molar-refractivity contribution in [3.8, 4) is 0 Å². The summed E-state index contributed by atoms with van der Waals surface area (Å²) in [4.78, 5) is 5.68. The third-order valence-corrected chi connectivity index (χ3v) is 5.05. The van der Waals surface area contributed by atoms with Crippen LogP contribution in [0.4, 0.5) is 0 Å². The van der Waals surface area contributed by atoms with Crippen molar-refractivity contribution >= 4 is 28.1 Å². The van der Waals surface area contributed by atoms with Crippen LogP contribution in [0.25, 0.3) is 4.96 Å². The van der Waals surface area contributed by atoms with Gasteiger partial charge in [-0.3, -0.25) is 4.40 Å². The highest BCUT2D eigenvalue weighted by atomic mass is 32.2. The molecule has 2 N–H and O–H groups in total. The van der Waals surface area contributed by atoms with Gasteiger partial charge in [0.15, 0.2) is 4.96 Å². The molecule has 2 unspecified atom stereocenters. The molecule has 2 rings (SSSR count). The molecule has 0 saturated carbocycles. The Labute approximate surface area is 122 Å². The number of fused-ring (bicyclic) bond motifs is 1. The molecule has 0 aliphatic heterocycles. The Hall–Kier alpha value is -0.560. The van der Waals surface area contributed by atoms with E-state index in [9.17, 15) is 5.11 Å². The van der Waals surface area contributed by atoms with Crippen molar-refractivity contribution in [2.75, 3.05) is 0 Å². The fourth-order valence-corrected chi connectivity index (χ4v) is 3.43. The zero-order valence-electron chi connectivity index (χ0n) is 11.8. The lowest BCUT2D eigenvalue weighted by atomic mass is 10.3. The van der Waals surface area contributed by atoms with Crippen LogP contribution >= 0.6 is 23.1 Å². The molecule has 0 spiro atoms. The summed E-state index contributed by atoms with van der Waals surface area (Å²) >= 11 is 3.29. The van der Waals surface area contributed by atoms with Crippen LogP contribution in [0.15, 0.2) is 16.6 Å². The minimum absolute atomic E-state index is 0.141. The van der Waals surface area contributed by atoms with Crippen molar-refractivity contribution in [1.82, 2.24) is 14.7 Å². The smallest absolute Gasteiger partial charge is 0.194 e. The van der Waals surface area contributed by atoms with E-state index in [-0.39, 0.29) is 11.4 Å². The average molecular weight is 299 g/mol. The lowest BCUT2D eigenvalue weighted by Gasteiger charge is -2.14. The van der Waals surface area contributed by atoms with Crippen LogP contribution in [-0.4, -0.2) is 31.9 Å². The molecule has 0 bridgehead atoms. The number of thiazole rings is 1. The molecule has 0 fully saturated rings. The Kier molecular flexibility index (Phi) is 4.89. The minimum atomic E-state index is -0.337. The van der Waals surface area contributed by atoms with Crippen molar-refractivity contribution in [3.63, 3.8) is 0 Å². The van der Waals surface area contributed by atoms with Gasteiger partial charge in [-0.2, -0.15) is 0 Å². The van der Waals surface area contributed by atoms with Gasteiger partial charge < -0.3 is 10.4 Å². The van der Waals surface area contributed by atoms with Gasteiger partial charge in [0.1, 0.15) is 5.03 Å². The van der Waals surface area contributed by atoms with Crippen molar-refractivity contribution in [2.45, 2.75) is 56.7 Å². The second-order valence-electron chi connectivity index (χ2n) is 5.02. The zero-order valence-corrected chi connectivity index (χ0v) is 13.4. The van der Waals surface area contributed by atoms with E-state index in [1.807, 2.05) is 19.2 Å². The molecule has 0 aromatic carbocycles. The van der Waals surface area contributed by atoms with Gasteiger partial charge in [-0.05, 0) is 6.92 Å². The van der Waals surface area contributed by atoms with Crippen molar-refractivity contribution < 1.29 is 5.11 Å². The molecule has 0 radical (unpaired) electrons. The monoisotopic (exact) mass is 299 g/mol. The minimum Gasteiger partial charge on any atom is -0.392 e. The Morgan fingerprint density at radius 3 is 2.79 bits per heavy atom. The Bertz CT molecular complexity index is 533. The fraction of sp³-hybridized carbons (Fsp3) is 0.615. The number of aliphatic hydroxyl groups excluding tert-OH is 1. The first-order valence-corrected chi connectivity index (χ1v) is 8.27. The zero-order chi connectivity index (χ0) is 14.0. The first-order valence-electron chi connectivity index (χ1n) is 6.51. The Balaban J connectivity index is 2.25. The summed E-state index contributed by atoms with van der Waals surface area (Å²) in [7, 11) is 0. The largest absolute Gasteiger partial charge is 0.392 e. The molecule has 106 valence electrons. The van der Waals surface area contributed by atoms with Gasteiger partial charge in [0, 0.05) is 29.4 Å². The van der Waals surface area contributed by atoms with E-state index in [2.05, 4.69) is 34.7 Å². The van der Waals surface area contributed by atoms with Crippen molar-refractivity contribution in [3.05, 3.63) is 17.3 Å². The van der Waals surface area contributed by atoms with Gasteiger partial charge in [-0.1, -0.05) is 32.5 Å². The molecular formula is C13H21N3OS2. The number of imidazole rings is 1. The highest BCUT2D eigenvalue weighted by molar-refractivity contribution is 7.99. The molecule has 2 heterocycles. The maximum absolute atomic E-state index is 9.65. The standard InChI is InChI=1S/C13H21N3OS2/c1-8(2)14-7-11-12(19-10(4)9(3)17)15-13-16(11)5-6-18-13/h5-6,8-10,14,17H,7H2,1-4H3. The Morgan fingerprint density at radius 1 is 1.42 bits per heavy atom. The summed E-state index contributed by atoms with van der Waals surface area (Å²) in [5, 5.41) is 16.3. The summed E-state index contributed by atoms with van der Waals surface area (Å²) in [5.74, 6) is 0. The third kappa shape index (κ3) is 3.51. The van der Waals surface area contributed by atoms with Crippen LogP contribution in [-0.2, 0) is 6.54 Å². The molecule has 6 heteroatoms. The summed E-state index contributed by atoms with van der Waals surface area (Å²) in [6, 6.07) is 0.441. The van der Waals surface area contributed by atoms with Gasteiger partial charge in [0.05, 0.1) is 11.8 Å². The predicted octanol–water partition coefficient (Wildman–Crippen LogP) is 2.76. The number of rotatable bonds is 6. The first kappa shape index (κ1) is 14.8. The van der Waals surface area contributed by atoms with Gasteiger partial charge in [0.25, 0.3) is 0 Å². The van der Waals surface area contributed by atoms with E-state index in [4.69, 9.17) is 0 Å². The normalized spacial score (nSPS) is 15.3. The van der Waals surface area contributed by atoms with Gasteiger partial charge in [-0.25, -0.2) is 4.98 Å². The lowest BCUT2D eigenvalue weighted by molar-refractivity contribution is 0.196. The molecule has 0 aliphatic carbocycles. The lowest BCUT2D eigenvalue weighted by Crippen LogP contribution is -2.23. The number of nitrogens with zero attached hydrogens (tertiary/aromatic N) is 2. The number of aliphatic hydroxyl groups is 1. The number of nitrogens with one attached hydrogen (secondary N) is 1. The van der Waals surface area contributed by atoms with Crippen LogP contribution in [0.3, 0.4) is 0 Å². The number of hydrogen-bond donors (Lipinski definition) is 2. The maximum atomic E-state index is 9.65. The molecular weight excluding hydrogens is 278 g/mol. The topological polar surface area (TPSA) is 49.6 Å². The van der Waals surface area contributed by atoms with Gasteiger partial charge >= 0.3 is 0 Å². The quantitative estimate of drug-likeness (QED) is 0.805. The summed E-state index contributed by atoms with van der Waals surface area (Å²) in [6.45, 7) is 8.92. The molecule has 2 aromatic heterocycles. The molecule has 4 nitrogen and oxygen atoms in total. The molecule has 2 atom stereocenters. The van der Waals surface area contributed by atoms with E-state index in [0.717, 1.165) is 16.5 Å². The molecule has 19 heavy (non-hydrogen) atoms. The highest BCUT2D eigenvalue weighted by Gasteiger charge is 2.18. The second-order valence-corrected chi connectivity index (χ2v) is 7.26. The Morgan fingerprint density at radius 2 is 2.16 bits per heavy atom. The molecule has 0 saturated heterocycles. The van der Waals surface area contributed by atoms with Crippen molar-refractivity contribution in [2.24, 2.45) is 0 Å². The number of thioether (sulfide) groups is 1. The number of hydrogen-bond acceptors (Lipinski definition) is 5. The summed E-state index contributed by atoms with van der Waals surface area (Å²) in [5.41, 5.74) is 1.18. The SMILES string of the molecule is CC(C)NCc1c(SC(C)C(C)O)nc2sccn12. The third-order valence-electron chi connectivity index (χ3n) is 2.98. The highest BCUT2D eigenvalue weighted by Crippen LogP contribution is 2.30. The van der Waals surface area contributed by atoms with Crippen LogP contribution < -0.4 is 5.32 Å². The number of aromatic nitrogens is 2. The first-order chi connectivity index (χ1) is 8.99. The van der Waals surface area contributed by atoms with E-state index in [0.29, 0.717) is 6.04 Å². The average Bonchev–Trinajstić information content (AvgIpc) is 2.87. The van der Waals surface area contributed by atoms with Crippen LogP contribution in [0.5, 0.6) is 0 Å². The van der Waals surface area contributed by atoms with Gasteiger partial charge in [0.2, 0.25) is 0 Å². The van der Waals surface area contributed by atoms with E-state index >= 15 is 0 Å². The van der Waals surface area contributed by atoms with E-state index in [1.165, 1.54) is 5.69 Å². The van der Waals surface area contributed by atoms with Crippen LogP contribution in [0.2, 0.25) is 0 Å². The van der Waals surface area contributed by atoms with E-state index < -0.39 is 0 Å². The van der Waals surface area contributed by atoms with Gasteiger partial charge in [-0.15, -0.1) is 11.3 Å².